The van der Waals surface area contributed by atoms with E-state index in [0.29, 0.717) is 12.3 Å². The number of alkyl halides is 1. The SMILES string of the molecule is CC(Cl)C(=O)N1CCSCC1S(C)(=O)=O. The molecule has 2 unspecified atom stereocenters. The Labute approximate surface area is 99.3 Å². The minimum absolute atomic E-state index is 0.299. The molecule has 0 radical (unpaired) electrons. The van der Waals surface area contributed by atoms with Gasteiger partial charge in [-0.3, -0.25) is 4.79 Å². The van der Waals surface area contributed by atoms with Crippen LogP contribution in [-0.2, 0) is 14.6 Å². The van der Waals surface area contributed by atoms with Gasteiger partial charge in [0.05, 0.1) is 0 Å². The van der Waals surface area contributed by atoms with Crippen molar-refractivity contribution >= 4 is 39.1 Å². The third kappa shape index (κ3) is 3.26. The van der Waals surface area contributed by atoms with Gasteiger partial charge in [0.15, 0.2) is 9.84 Å². The Balaban J connectivity index is 2.89. The van der Waals surface area contributed by atoms with Gasteiger partial charge in [-0.25, -0.2) is 8.42 Å². The second kappa shape index (κ2) is 4.93. The summed E-state index contributed by atoms with van der Waals surface area (Å²) in [6, 6.07) is 0. The lowest BCUT2D eigenvalue weighted by Crippen LogP contribution is -2.51. The lowest BCUT2D eigenvalue weighted by atomic mass is 10.3. The van der Waals surface area contributed by atoms with E-state index in [0.717, 1.165) is 12.0 Å². The number of thioether (sulfide) groups is 1. The Hall–Kier alpha value is 0.0600. The molecule has 88 valence electrons. The van der Waals surface area contributed by atoms with E-state index in [4.69, 9.17) is 11.6 Å². The van der Waals surface area contributed by atoms with Crippen LogP contribution in [0.15, 0.2) is 0 Å². The second-order valence-corrected chi connectivity index (χ2v) is 7.51. The van der Waals surface area contributed by atoms with Crippen LogP contribution < -0.4 is 0 Å². The van der Waals surface area contributed by atoms with Gasteiger partial charge in [0, 0.05) is 24.3 Å². The van der Waals surface area contributed by atoms with Gasteiger partial charge in [-0.15, -0.1) is 11.6 Å². The molecule has 0 aromatic carbocycles. The number of sulfone groups is 1. The molecule has 15 heavy (non-hydrogen) atoms. The highest BCUT2D eigenvalue weighted by Crippen LogP contribution is 2.21. The molecule has 0 bridgehead atoms. The first kappa shape index (κ1) is 13.1. The van der Waals surface area contributed by atoms with Gasteiger partial charge in [-0.2, -0.15) is 11.8 Å². The lowest BCUT2D eigenvalue weighted by Gasteiger charge is -2.34. The van der Waals surface area contributed by atoms with Crippen LogP contribution in [0.5, 0.6) is 0 Å². The minimum Gasteiger partial charge on any atom is -0.323 e. The van der Waals surface area contributed by atoms with Crippen LogP contribution in [-0.4, -0.2) is 54.3 Å². The number of nitrogens with zero attached hydrogens (tertiary/aromatic N) is 1. The fourth-order valence-corrected chi connectivity index (χ4v) is 4.36. The smallest absolute Gasteiger partial charge is 0.241 e. The zero-order chi connectivity index (χ0) is 11.6. The summed E-state index contributed by atoms with van der Waals surface area (Å²) < 4.78 is 22.9. The molecule has 0 aromatic rings. The molecular weight excluding hydrogens is 258 g/mol. The average Bonchev–Trinajstić information content (AvgIpc) is 2.15. The minimum atomic E-state index is -3.23. The van der Waals surface area contributed by atoms with Crippen molar-refractivity contribution in [3.63, 3.8) is 0 Å². The standard InChI is InChI=1S/C8H14ClNO3S2/c1-6(9)8(11)10-3-4-14-5-7(10)15(2,12)13/h6-7H,3-5H2,1-2H3. The molecule has 4 nitrogen and oxygen atoms in total. The van der Waals surface area contributed by atoms with Gasteiger partial charge in [0.25, 0.3) is 0 Å². The molecule has 1 saturated heterocycles. The Kier molecular flexibility index (Phi) is 4.31. The van der Waals surface area contributed by atoms with Crippen molar-refractivity contribution in [3.8, 4) is 0 Å². The van der Waals surface area contributed by atoms with E-state index in [9.17, 15) is 13.2 Å². The van der Waals surface area contributed by atoms with Crippen LogP contribution in [0.25, 0.3) is 0 Å². The molecule has 7 heteroatoms. The second-order valence-electron chi connectivity index (χ2n) is 3.51. The van der Waals surface area contributed by atoms with E-state index < -0.39 is 20.6 Å². The number of carbonyl (C=O) groups excluding carboxylic acids is 1. The van der Waals surface area contributed by atoms with Crippen molar-refractivity contribution in [1.82, 2.24) is 4.90 Å². The Bertz CT molecular complexity index is 342. The monoisotopic (exact) mass is 271 g/mol. The molecule has 0 N–H and O–H groups in total. The van der Waals surface area contributed by atoms with E-state index in [1.54, 1.807) is 18.7 Å². The molecule has 1 aliphatic rings. The van der Waals surface area contributed by atoms with Crippen LogP contribution in [0, 0.1) is 0 Å². The molecule has 1 heterocycles. The Morgan fingerprint density at radius 3 is 2.67 bits per heavy atom. The number of amides is 1. The molecule has 0 aromatic heterocycles. The van der Waals surface area contributed by atoms with E-state index in [1.807, 2.05) is 0 Å². The number of carbonyl (C=O) groups is 1. The third-order valence-corrected chi connectivity index (χ3v) is 5.03. The van der Waals surface area contributed by atoms with Crippen LogP contribution in [0.2, 0.25) is 0 Å². The first-order valence-corrected chi connectivity index (χ1v) is 8.09. The van der Waals surface area contributed by atoms with Crippen LogP contribution in [0.4, 0.5) is 0 Å². The van der Waals surface area contributed by atoms with E-state index in [2.05, 4.69) is 0 Å². The highest BCUT2D eigenvalue weighted by Gasteiger charge is 2.35. The van der Waals surface area contributed by atoms with Crippen molar-refractivity contribution in [2.24, 2.45) is 0 Å². The van der Waals surface area contributed by atoms with Crippen LogP contribution in [0.1, 0.15) is 6.92 Å². The maximum absolute atomic E-state index is 11.7. The first-order valence-electron chi connectivity index (χ1n) is 4.55. The zero-order valence-electron chi connectivity index (χ0n) is 8.64. The molecule has 2 atom stereocenters. The summed E-state index contributed by atoms with van der Waals surface area (Å²) in [5.41, 5.74) is 0. The highest BCUT2D eigenvalue weighted by molar-refractivity contribution is 8.00. The van der Waals surface area contributed by atoms with E-state index in [-0.39, 0.29) is 5.91 Å². The fraction of sp³-hybridized carbons (Fsp3) is 0.875. The Morgan fingerprint density at radius 1 is 1.60 bits per heavy atom. The summed E-state index contributed by atoms with van der Waals surface area (Å²) in [7, 11) is -3.23. The van der Waals surface area contributed by atoms with E-state index >= 15 is 0 Å². The molecule has 0 spiro atoms. The molecular formula is C8H14ClNO3S2. The largest absolute Gasteiger partial charge is 0.323 e. The molecule has 1 amide bonds. The molecule has 1 rings (SSSR count). The van der Waals surface area contributed by atoms with Crippen molar-refractivity contribution < 1.29 is 13.2 Å². The normalized spacial score (nSPS) is 25.0. The van der Waals surface area contributed by atoms with Gasteiger partial charge in [-0.05, 0) is 6.92 Å². The topological polar surface area (TPSA) is 54.5 Å². The molecule has 0 aliphatic carbocycles. The molecule has 1 aliphatic heterocycles. The number of hydrogen-bond acceptors (Lipinski definition) is 4. The van der Waals surface area contributed by atoms with Crippen LogP contribution in [0.3, 0.4) is 0 Å². The van der Waals surface area contributed by atoms with Gasteiger partial charge >= 0.3 is 0 Å². The first-order chi connectivity index (χ1) is 6.84. The maximum Gasteiger partial charge on any atom is 0.241 e. The predicted molar refractivity (Wildman–Crippen MR) is 63.0 cm³/mol. The van der Waals surface area contributed by atoms with Gasteiger partial charge in [0.2, 0.25) is 5.91 Å². The van der Waals surface area contributed by atoms with Crippen molar-refractivity contribution in [2.45, 2.75) is 17.7 Å². The van der Waals surface area contributed by atoms with Gasteiger partial charge < -0.3 is 4.90 Å². The zero-order valence-corrected chi connectivity index (χ0v) is 11.0. The maximum atomic E-state index is 11.7. The number of halogens is 1. The van der Waals surface area contributed by atoms with Crippen molar-refractivity contribution in [1.29, 1.82) is 0 Å². The summed E-state index contributed by atoms with van der Waals surface area (Å²) in [4.78, 5) is 13.1. The van der Waals surface area contributed by atoms with Crippen molar-refractivity contribution in [2.75, 3.05) is 24.3 Å². The van der Waals surface area contributed by atoms with Gasteiger partial charge in [-0.1, -0.05) is 0 Å². The van der Waals surface area contributed by atoms with Gasteiger partial charge in [0.1, 0.15) is 10.8 Å². The lowest BCUT2D eigenvalue weighted by molar-refractivity contribution is -0.130. The summed E-state index contributed by atoms with van der Waals surface area (Å²) in [5.74, 6) is 0.905. The third-order valence-electron chi connectivity index (χ3n) is 2.20. The summed E-state index contributed by atoms with van der Waals surface area (Å²) in [6.07, 6.45) is 1.16. The average molecular weight is 272 g/mol. The summed E-state index contributed by atoms with van der Waals surface area (Å²) in [6.45, 7) is 2.02. The molecule has 1 fully saturated rings. The highest BCUT2D eigenvalue weighted by atomic mass is 35.5. The summed E-state index contributed by atoms with van der Waals surface area (Å²) >= 11 is 7.23. The summed E-state index contributed by atoms with van der Waals surface area (Å²) in [5, 5.41) is -1.39. The number of hydrogen-bond donors (Lipinski definition) is 0. The number of rotatable bonds is 2. The predicted octanol–water partition coefficient (Wildman–Crippen LogP) is 0.560. The van der Waals surface area contributed by atoms with Crippen molar-refractivity contribution in [3.05, 3.63) is 0 Å². The quantitative estimate of drug-likeness (QED) is 0.689. The van der Waals surface area contributed by atoms with E-state index in [1.165, 1.54) is 4.90 Å². The fourth-order valence-electron chi connectivity index (χ4n) is 1.42. The Morgan fingerprint density at radius 2 is 2.20 bits per heavy atom. The molecule has 0 saturated carbocycles. The van der Waals surface area contributed by atoms with Crippen LogP contribution >= 0.6 is 23.4 Å².